The van der Waals surface area contributed by atoms with E-state index in [0.29, 0.717) is 5.69 Å². The van der Waals surface area contributed by atoms with Gasteiger partial charge in [0.15, 0.2) is 0 Å². The van der Waals surface area contributed by atoms with E-state index in [-0.39, 0.29) is 0 Å². The topological polar surface area (TPSA) is 49.4 Å². The van der Waals surface area contributed by atoms with Crippen molar-refractivity contribution in [2.75, 3.05) is 19.5 Å². The fraction of sp³-hybridized carbons (Fsp3) is 0.333. The van der Waals surface area contributed by atoms with Crippen molar-refractivity contribution in [3.63, 3.8) is 0 Å². The molecule has 4 nitrogen and oxygen atoms in total. The number of alkyl halides is 3. The number of nitrogens with zero attached hydrogens (tertiary/aromatic N) is 1. The molecule has 0 radical (unpaired) electrons. The number of nitrogens with one attached hydrogen (secondary N) is 1. The van der Waals surface area contributed by atoms with Gasteiger partial charge in [-0.3, -0.25) is 0 Å². The molecule has 0 aromatic heterocycles. The van der Waals surface area contributed by atoms with Crippen molar-refractivity contribution in [2.45, 2.75) is 10.4 Å². The Balaban J connectivity index is 3.04. The van der Waals surface area contributed by atoms with Crippen LogP contribution in [-0.2, 0) is 9.84 Å². The summed E-state index contributed by atoms with van der Waals surface area (Å²) in [5.41, 5.74) is -2.00. The molecule has 0 saturated heterocycles. The lowest BCUT2D eigenvalue weighted by Crippen LogP contribution is -2.23. The molecule has 0 atom stereocenters. The minimum absolute atomic E-state index is 0.496. The number of hydrogen-bond acceptors (Lipinski definition) is 4. The third kappa shape index (κ3) is 3.10. The van der Waals surface area contributed by atoms with Gasteiger partial charge in [0.05, 0.1) is 4.90 Å². The van der Waals surface area contributed by atoms with E-state index < -0.39 is 20.2 Å². The Morgan fingerprint density at radius 1 is 1.12 bits per heavy atom. The van der Waals surface area contributed by atoms with Gasteiger partial charge in [-0.1, -0.05) is 0 Å². The Hall–Kier alpha value is -1.28. The third-order valence-corrected chi connectivity index (χ3v) is 3.32. The Bertz CT molecular complexity index is 480. The standard InChI is InChI=1S/C9H11F3N2O2S/c1-14(2)13-7-3-5-8(6-4-7)17(15,16)9(10,11)12/h3-6,13H,1-2H3. The van der Waals surface area contributed by atoms with Crippen LogP contribution in [-0.4, -0.2) is 33.0 Å². The van der Waals surface area contributed by atoms with Crippen LogP contribution in [0.3, 0.4) is 0 Å². The molecule has 1 aromatic rings. The van der Waals surface area contributed by atoms with Gasteiger partial charge in [0, 0.05) is 19.8 Å². The van der Waals surface area contributed by atoms with E-state index in [1.807, 2.05) is 0 Å². The van der Waals surface area contributed by atoms with Crippen molar-refractivity contribution in [3.8, 4) is 0 Å². The highest BCUT2D eigenvalue weighted by Gasteiger charge is 2.46. The maximum atomic E-state index is 12.2. The number of rotatable bonds is 3. The maximum Gasteiger partial charge on any atom is 0.501 e. The van der Waals surface area contributed by atoms with Crippen LogP contribution in [0.4, 0.5) is 18.9 Å². The average molecular weight is 268 g/mol. The summed E-state index contributed by atoms with van der Waals surface area (Å²) in [6.07, 6.45) is 0. The minimum atomic E-state index is -5.27. The van der Waals surface area contributed by atoms with Crippen LogP contribution in [0.25, 0.3) is 0 Å². The highest BCUT2D eigenvalue weighted by Crippen LogP contribution is 2.30. The number of benzene rings is 1. The van der Waals surface area contributed by atoms with E-state index in [4.69, 9.17) is 0 Å². The summed E-state index contributed by atoms with van der Waals surface area (Å²) in [6, 6.07) is 4.35. The summed E-state index contributed by atoms with van der Waals surface area (Å²) in [4.78, 5) is -0.769. The molecule has 0 aliphatic rings. The first kappa shape index (κ1) is 13.8. The third-order valence-electron chi connectivity index (χ3n) is 1.82. The van der Waals surface area contributed by atoms with Crippen molar-refractivity contribution in [1.82, 2.24) is 5.01 Å². The summed E-state index contributed by atoms with van der Waals surface area (Å²) >= 11 is 0. The van der Waals surface area contributed by atoms with Crippen molar-refractivity contribution in [1.29, 1.82) is 0 Å². The van der Waals surface area contributed by atoms with Gasteiger partial charge >= 0.3 is 5.51 Å². The molecule has 0 aliphatic carbocycles. The lowest BCUT2D eigenvalue weighted by atomic mass is 10.3. The zero-order valence-corrected chi connectivity index (χ0v) is 9.93. The second-order valence-electron chi connectivity index (χ2n) is 3.48. The molecule has 96 valence electrons. The molecule has 0 bridgehead atoms. The number of hydrogen-bond donors (Lipinski definition) is 1. The predicted octanol–water partition coefficient (Wildman–Crippen LogP) is 1.87. The van der Waals surface area contributed by atoms with E-state index in [1.165, 1.54) is 12.1 Å². The lowest BCUT2D eigenvalue weighted by molar-refractivity contribution is -0.0436. The fourth-order valence-electron chi connectivity index (χ4n) is 1.10. The minimum Gasteiger partial charge on any atom is -0.319 e. The largest absolute Gasteiger partial charge is 0.501 e. The monoisotopic (exact) mass is 268 g/mol. The van der Waals surface area contributed by atoms with Crippen molar-refractivity contribution < 1.29 is 21.6 Å². The Morgan fingerprint density at radius 2 is 1.59 bits per heavy atom. The quantitative estimate of drug-likeness (QED) is 0.850. The molecule has 0 unspecified atom stereocenters. The lowest BCUT2D eigenvalue weighted by Gasteiger charge is -2.14. The van der Waals surface area contributed by atoms with Gasteiger partial charge in [0.25, 0.3) is 9.84 Å². The molecule has 0 amide bonds. The van der Waals surface area contributed by atoms with E-state index in [9.17, 15) is 21.6 Å². The van der Waals surface area contributed by atoms with Crippen LogP contribution < -0.4 is 5.43 Å². The summed E-state index contributed by atoms with van der Waals surface area (Å²) in [5.74, 6) is 0. The number of anilines is 1. The molecule has 0 saturated carbocycles. The number of sulfone groups is 1. The fourth-order valence-corrected chi connectivity index (χ4v) is 1.86. The first-order valence-corrected chi connectivity index (χ1v) is 5.98. The molecule has 8 heteroatoms. The van der Waals surface area contributed by atoms with Crippen molar-refractivity contribution in [2.24, 2.45) is 0 Å². The van der Waals surface area contributed by atoms with E-state index in [1.54, 1.807) is 19.1 Å². The molecule has 0 spiro atoms. The van der Waals surface area contributed by atoms with Gasteiger partial charge in [-0.15, -0.1) is 0 Å². The smallest absolute Gasteiger partial charge is 0.319 e. The van der Waals surface area contributed by atoms with Gasteiger partial charge in [-0.05, 0) is 24.3 Å². The molecular weight excluding hydrogens is 257 g/mol. The SMILES string of the molecule is CN(C)Nc1ccc(S(=O)(=O)C(F)(F)F)cc1. The molecule has 0 fully saturated rings. The zero-order chi connectivity index (χ0) is 13.3. The summed E-state index contributed by atoms with van der Waals surface area (Å²) in [7, 11) is -1.87. The molecule has 17 heavy (non-hydrogen) atoms. The second-order valence-corrected chi connectivity index (χ2v) is 5.42. The summed E-state index contributed by atoms with van der Waals surface area (Å²) in [6.45, 7) is 0. The highest BCUT2D eigenvalue weighted by molar-refractivity contribution is 7.92. The molecule has 0 aliphatic heterocycles. The van der Waals surface area contributed by atoms with Gasteiger partial charge in [0.2, 0.25) is 0 Å². The predicted molar refractivity (Wildman–Crippen MR) is 57.0 cm³/mol. The first-order valence-electron chi connectivity index (χ1n) is 4.50. The zero-order valence-electron chi connectivity index (χ0n) is 9.12. The number of halogens is 3. The molecule has 0 heterocycles. The second kappa shape index (κ2) is 4.53. The Labute approximate surface area is 96.9 Å². The van der Waals surface area contributed by atoms with E-state index in [0.717, 1.165) is 12.1 Å². The average Bonchev–Trinajstić information content (AvgIpc) is 2.15. The molecule has 1 aromatic carbocycles. The van der Waals surface area contributed by atoms with Crippen LogP contribution in [0, 0.1) is 0 Å². The van der Waals surface area contributed by atoms with E-state index >= 15 is 0 Å². The van der Waals surface area contributed by atoms with E-state index in [2.05, 4.69) is 5.43 Å². The Morgan fingerprint density at radius 3 is 1.94 bits per heavy atom. The molecule has 1 rings (SSSR count). The van der Waals surface area contributed by atoms with Crippen molar-refractivity contribution >= 4 is 15.5 Å². The van der Waals surface area contributed by atoms with Gasteiger partial charge in [-0.2, -0.15) is 13.2 Å². The van der Waals surface area contributed by atoms with Crippen LogP contribution >= 0.6 is 0 Å². The normalized spacial score (nSPS) is 12.8. The van der Waals surface area contributed by atoms with Crippen LogP contribution in [0.15, 0.2) is 29.2 Å². The van der Waals surface area contributed by atoms with Crippen LogP contribution in [0.2, 0.25) is 0 Å². The van der Waals surface area contributed by atoms with Gasteiger partial charge in [-0.25, -0.2) is 13.4 Å². The first-order chi connectivity index (χ1) is 7.64. The molecule has 1 N–H and O–H groups in total. The summed E-state index contributed by atoms with van der Waals surface area (Å²) < 4.78 is 58.7. The van der Waals surface area contributed by atoms with Crippen LogP contribution in [0.5, 0.6) is 0 Å². The number of hydrazine groups is 1. The highest BCUT2D eigenvalue weighted by atomic mass is 32.2. The van der Waals surface area contributed by atoms with Gasteiger partial charge < -0.3 is 5.43 Å². The van der Waals surface area contributed by atoms with Crippen LogP contribution in [0.1, 0.15) is 0 Å². The maximum absolute atomic E-state index is 12.2. The Kier molecular flexibility index (Phi) is 3.68. The molecular formula is C9H11F3N2O2S. The summed E-state index contributed by atoms with van der Waals surface area (Å²) in [5, 5.41) is 1.58. The van der Waals surface area contributed by atoms with Crippen molar-refractivity contribution in [3.05, 3.63) is 24.3 Å². The van der Waals surface area contributed by atoms with Gasteiger partial charge in [0.1, 0.15) is 0 Å².